The van der Waals surface area contributed by atoms with Gasteiger partial charge in [0.1, 0.15) is 0 Å². The van der Waals surface area contributed by atoms with Crippen LogP contribution in [0.5, 0.6) is 0 Å². The lowest BCUT2D eigenvalue weighted by atomic mass is 9.96. The first kappa shape index (κ1) is 12.7. The Labute approximate surface area is 116 Å². The zero-order chi connectivity index (χ0) is 12.6. The van der Waals surface area contributed by atoms with Gasteiger partial charge in [-0.1, -0.05) is 45.7 Å². The molecule has 2 heteroatoms. The Balaban J connectivity index is 2.69. The SMILES string of the molecule is Cc1cc(-c2c(Cl)cccc2Br)cc(C)c1C. The molecule has 2 aromatic carbocycles. The van der Waals surface area contributed by atoms with Crippen molar-refractivity contribution in [3.8, 4) is 11.1 Å². The van der Waals surface area contributed by atoms with Crippen molar-refractivity contribution in [2.75, 3.05) is 0 Å². The molecule has 2 aromatic rings. The third-order valence-corrected chi connectivity index (χ3v) is 4.15. The lowest BCUT2D eigenvalue weighted by Gasteiger charge is -2.12. The van der Waals surface area contributed by atoms with Gasteiger partial charge >= 0.3 is 0 Å². The van der Waals surface area contributed by atoms with Crippen LogP contribution in [0, 0.1) is 20.8 Å². The minimum absolute atomic E-state index is 0.780. The molecule has 0 nitrogen and oxygen atoms in total. The summed E-state index contributed by atoms with van der Waals surface area (Å²) in [5.41, 5.74) is 6.18. The van der Waals surface area contributed by atoms with Crippen molar-refractivity contribution in [2.45, 2.75) is 20.8 Å². The number of hydrogen-bond donors (Lipinski definition) is 0. The predicted molar refractivity (Wildman–Crippen MR) is 78.8 cm³/mol. The van der Waals surface area contributed by atoms with Gasteiger partial charge in [0.15, 0.2) is 0 Å². The Morgan fingerprint density at radius 3 is 2.12 bits per heavy atom. The van der Waals surface area contributed by atoms with E-state index in [1.165, 1.54) is 22.3 Å². The lowest BCUT2D eigenvalue weighted by molar-refractivity contribution is 1.27. The number of rotatable bonds is 1. The van der Waals surface area contributed by atoms with E-state index in [1.807, 2.05) is 18.2 Å². The van der Waals surface area contributed by atoms with Crippen LogP contribution in [0.3, 0.4) is 0 Å². The van der Waals surface area contributed by atoms with Crippen molar-refractivity contribution in [3.63, 3.8) is 0 Å². The van der Waals surface area contributed by atoms with E-state index in [0.717, 1.165) is 15.1 Å². The van der Waals surface area contributed by atoms with Crippen molar-refractivity contribution in [1.82, 2.24) is 0 Å². The highest BCUT2D eigenvalue weighted by Gasteiger charge is 2.09. The molecule has 0 radical (unpaired) electrons. The first-order chi connectivity index (χ1) is 8.00. The monoisotopic (exact) mass is 308 g/mol. The van der Waals surface area contributed by atoms with Crippen LogP contribution in [0.25, 0.3) is 11.1 Å². The number of benzene rings is 2. The van der Waals surface area contributed by atoms with E-state index in [0.29, 0.717) is 0 Å². The summed E-state index contributed by atoms with van der Waals surface area (Å²) in [6, 6.07) is 10.3. The van der Waals surface area contributed by atoms with Crippen LogP contribution in [0.4, 0.5) is 0 Å². The van der Waals surface area contributed by atoms with E-state index < -0.39 is 0 Å². The van der Waals surface area contributed by atoms with Gasteiger partial charge in [-0.15, -0.1) is 0 Å². The molecular formula is C15H14BrCl. The summed E-state index contributed by atoms with van der Waals surface area (Å²) in [7, 11) is 0. The Bertz CT molecular complexity index is 530. The molecule has 88 valence electrons. The molecule has 0 amide bonds. The second-order valence-electron chi connectivity index (χ2n) is 4.33. The Morgan fingerprint density at radius 1 is 1.00 bits per heavy atom. The molecule has 0 saturated heterocycles. The number of aryl methyl sites for hydroxylation is 2. The van der Waals surface area contributed by atoms with E-state index in [1.54, 1.807) is 0 Å². The lowest BCUT2D eigenvalue weighted by Crippen LogP contribution is -1.90. The van der Waals surface area contributed by atoms with Crippen LogP contribution in [-0.2, 0) is 0 Å². The number of halogens is 2. The maximum atomic E-state index is 6.28. The zero-order valence-electron chi connectivity index (χ0n) is 10.1. The highest BCUT2D eigenvalue weighted by Crippen LogP contribution is 2.36. The summed E-state index contributed by atoms with van der Waals surface area (Å²) in [4.78, 5) is 0. The van der Waals surface area contributed by atoms with Gasteiger partial charge < -0.3 is 0 Å². The van der Waals surface area contributed by atoms with Gasteiger partial charge in [0, 0.05) is 15.1 Å². The van der Waals surface area contributed by atoms with E-state index >= 15 is 0 Å². The van der Waals surface area contributed by atoms with Gasteiger partial charge in [-0.05, 0) is 55.2 Å². The topological polar surface area (TPSA) is 0 Å². The molecule has 0 aliphatic rings. The van der Waals surface area contributed by atoms with Gasteiger partial charge in [0.05, 0.1) is 0 Å². The third-order valence-electron chi connectivity index (χ3n) is 3.18. The van der Waals surface area contributed by atoms with Crippen LogP contribution in [0.2, 0.25) is 5.02 Å². The first-order valence-corrected chi connectivity index (χ1v) is 6.70. The molecule has 0 fully saturated rings. The molecule has 0 atom stereocenters. The smallest absolute Gasteiger partial charge is 0.0495 e. The molecule has 0 heterocycles. The molecule has 0 saturated carbocycles. The van der Waals surface area contributed by atoms with Crippen LogP contribution in [-0.4, -0.2) is 0 Å². The van der Waals surface area contributed by atoms with E-state index in [-0.39, 0.29) is 0 Å². The van der Waals surface area contributed by atoms with Crippen LogP contribution >= 0.6 is 27.5 Å². The molecule has 2 rings (SSSR count). The maximum Gasteiger partial charge on any atom is 0.0495 e. The fourth-order valence-electron chi connectivity index (χ4n) is 1.95. The molecule has 0 spiro atoms. The molecule has 0 aliphatic carbocycles. The highest BCUT2D eigenvalue weighted by atomic mass is 79.9. The summed E-state index contributed by atoms with van der Waals surface area (Å²) < 4.78 is 1.03. The third kappa shape index (κ3) is 2.41. The minimum Gasteiger partial charge on any atom is -0.0836 e. The highest BCUT2D eigenvalue weighted by molar-refractivity contribution is 9.10. The quantitative estimate of drug-likeness (QED) is 0.634. The van der Waals surface area contributed by atoms with Gasteiger partial charge in [-0.2, -0.15) is 0 Å². The fourth-order valence-corrected chi connectivity index (χ4v) is 2.95. The maximum absolute atomic E-state index is 6.28. The summed E-state index contributed by atoms with van der Waals surface area (Å²) in [6.45, 7) is 6.42. The molecule has 0 bridgehead atoms. The van der Waals surface area contributed by atoms with E-state index in [2.05, 4.69) is 48.8 Å². The molecule has 0 aromatic heterocycles. The molecular weight excluding hydrogens is 296 g/mol. The molecule has 0 unspecified atom stereocenters. The number of hydrogen-bond acceptors (Lipinski definition) is 0. The Hall–Kier alpha value is -0.790. The van der Waals surface area contributed by atoms with E-state index in [4.69, 9.17) is 11.6 Å². The van der Waals surface area contributed by atoms with Gasteiger partial charge in [0.2, 0.25) is 0 Å². The van der Waals surface area contributed by atoms with Crippen molar-refractivity contribution >= 4 is 27.5 Å². The van der Waals surface area contributed by atoms with Crippen molar-refractivity contribution in [2.24, 2.45) is 0 Å². The van der Waals surface area contributed by atoms with Crippen LogP contribution in [0.15, 0.2) is 34.8 Å². The first-order valence-electron chi connectivity index (χ1n) is 5.53. The van der Waals surface area contributed by atoms with Crippen molar-refractivity contribution in [3.05, 3.63) is 56.5 Å². The summed E-state index contributed by atoms with van der Waals surface area (Å²) in [5, 5.41) is 0.780. The summed E-state index contributed by atoms with van der Waals surface area (Å²) >= 11 is 9.85. The standard InChI is InChI=1S/C15H14BrCl/c1-9-7-12(8-10(2)11(9)3)15-13(16)5-4-6-14(15)17/h4-8H,1-3H3. The Kier molecular flexibility index (Phi) is 3.60. The van der Waals surface area contributed by atoms with E-state index in [9.17, 15) is 0 Å². The second kappa shape index (κ2) is 4.83. The molecule has 0 N–H and O–H groups in total. The average Bonchev–Trinajstić information content (AvgIpc) is 2.25. The molecule has 17 heavy (non-hydrogen) atoms. The van der Waals surface area contributed by atoms with Crippen molar-refractivity contribution < 1.29 is 0 Å². The summed E-state index contributed by atoms with van der Waals surface area (Å²) in [5.74, 6) is 0. The second-order valence-corrected chi connectivity index (χ2v) is 5.59. The van der Waals surface area contributed by atoms with Gasteiger partial charge in [0.25, 0.3) is 0 Å². The normalized spacial score (nSPS) is 10.6. The van der Waals surface area contributed by atoms with Gasteiger partial charge in [-0.25, -0.2) is 0 Å². The minimum atomic E-state index is 0.780. The van der Waals surface area contributed by atoms with Crippen LogP contribution < -0.4 is 0 Å². The van der Waals surface area contributed by atoms with Crippen molar-refractivity contribution in [1.29, 1.82) is 0 Å². The van der Waals surface area contributed by atoms with Crippen LogP contribution in [0.1, 0.15) is 16.7 Å². The average molecular weight is 310 g/mol. The molecule has 0 aliphatic heterocycles. The fraction of sp³-hybridized carbons (Fsp3) is 0.200. The largest absolute Gasteiger partial charge is 0.0836 e. The summed E-state index contributed by atoms with van der Waals surface area (Å²) in [6.07, 6.45) is 0. The zero-order valence-corrected chi connectivity index (χ0v) is 12.5. The van der Waals surface area contributed by atoms with Gasteiger partial charge in [-0.3, -0.25) is 0 Å². The predicted octanol–water partition coefficient (Wildman–Crippen LogP) is 5.69. The Morgan fingerprint density at radius 2 is 1.59 bits per heavy atom.